The normalized spacial score (nSPS) is 11.2. The molecule has 0 radical (unpaired) electrons. The molecule has 1 N–H and O–H groups in total. The molecule has 0 atom stereocenters. The first kappa shape index (κ1) is 14.9. The first-order chi connectivity index (χ1) is 9.63. The van der Waals surface area contributed by atoms with Gasteiger partial charge in [-0.1, -0.05) is 13.8 Å². The topological polar surface area (TPSA) is 64.1 Å². The molecule has 20 heavy (non-hydrogen) atoms. The number of fused-ring (bicyclic) bond motifs is 1. The number of hydrogen-bond acceptors (Lipinski definition) is 5. The number of hydrogen-bond donors (Lipinski definition) is 1. The van der Waals surface area contributed by atoms with Crippen LogP contribution in [0, 0.1) is 0 Å². The Labute approximate surface area is 122 Å². The van der Waals surface area contributed by atoms with Crippen molar-refractivity contribution in [1.29, 1.82) is 0 Å². The third kappa shape index (κ3) is 3.32. The quantitative estimate of drug-likeness (QED) is 0.831. The van der Waals surface area contributed by atoms with Crippen LogP contribution in [0.4, 0.5) is 5.82 Å². The number of methoxy groups -OCH3 is 1. The molecule has 2 heterocycles. The molecule has 0 aliphatic heterocycles. The van der Waals surface area contributed by atoms with Crippen LogP contribution in [0.25, 0.3) is 10.2 Å². The number of carbonyl (C=O) groups is 1. The van der Waals surface area contributed by atoms with Crippen molar-refractivity contribution in [2.75, 3.05) is 19.0 Å². The fourth-order valence-electron chi connectivity index (χ4n) is 1.99. The number of carbonyl (C=O) groups excluding carboxylic acids is 1. The Morgan fingerprint density at radius 1 is 1.45 bits per heavy atom. The molecule has 1 amide bonds. The summed E-state index contributed by atoms with van der Waals surface area (Å²) in [5.41, 5.74) is 1.18. The van der Waals surface area contributed by atoms with Gasteiger partial charge < -0.3 is 10.1 Å². The highest BCUT2D eigenvalue weighted by Crippen LogP contribution is 2.33. The Morgan fingerprint density at radius 3 is 2.95 bits per heavy atom. The minimum Gasteiger partial charge on any atom is -0.385 e. The maximum atomic E-state index is 11.9. The molecule has 2 aromatic rings. The highest BCUT2D eigenvalue weighted by molar-refractivity contribution is 7.17. The molecular weight excluding hydrogens is 274 g/mol. The molecule has 108 valence electrons. The number of aromatic nitrogens is 2. The van der Waals surface area contributed by atoms with Crippen LogP contribution in [-0.4, -0.2) is 29.6 Å². The molecule has 0 bridgehead atoms. The summed E-state index contributed by atoms with van der Waals surface area (Å²) in [6.45, 7) is 4.83. The molecule has 0 saturated heterocycles. The molecule has 2 rings (SSSR count). The number of anilines is 1. The Morgan fingerprint density at radius 2 is 2.25 bits per heavy atom. The second-order valence-electron chi connectivity index (χ2n) is 4.89. The molecule has 0 fully saturated rings. The van der Waals surface area contributed by atoms with Crippen LogP contribution in [0.5, 0.6) is 0 Å². The SMILES string of the molecule is COCCCC(=O)Nc1ncnc2scc(C(C)C)c12. The summed E-state index contributed by atoms with van der Waals surface area (Å²) < 4.78 is 4.95. The second-order valence-corrected chi connectivity index (χ2v) is 5.75. The molecule has 0 aromatic carbocycles. The average Bonchev–Trinajstić information content (AvgIpc) is 2.84. The molecule has 6 heteroatoms. The van der Waals surface area contributed by atoms with E-state index in [1.807, 2.05) is 0 Å². The van der Waals surface area contributed by atoms with E-state index in [9.17, 15) is 4.79 Å². The van der Waals surface area contributed by atoms with E-state index < -0.39 is 0 Å². The molecular formula is C14H19N3O2S. The van der Waals surface area contributed by atoms with Crippen LogP contribution in [-0.2, 0) is 9.53 Å². The van der Waals surface area contributed by atoms with Crippen LogP contribution in [0.3, 0.4) is 0 Å². The van der Waals surface area contributed by atoms with Crippen molar-refractivity contribution < 1.29 is 9.53 Å². The van der Waals surface area contributed by atoms with Crippen LogP contribution >= 0.6 is 11.3 Å². The lowest BCUT2D eigenvalue weighted by molar-refractivity contribution is -0.116. The van der Waals surface area contributed by atoms with Crippen LogP contribution in [0.15, 0.2) is 11.7 Å². The van der Waals surface area contributed by atoms with Crippen LogP contribution < -0.4 is 5.32 Å². The molecule has 2 aromatic heterocycles. The fourth-order valence-corrected chi connectivity index (χ4v) is 3.06. The summed E-state index contributed by atoms with van der Waals surface area (Å²) in [7, 11) is 1.63. The van der Waals surface area contributed by atoms with E-state index in [-0.39, 0.29) is 5.91 Å². The first-order valence-electron chi connectivity index (χ1n) is 6.64. The lowest BCUT2D eigenvalue weighted by Crippen LogP contribution is -2.13. The lowest BCUT2D eigenvalue weighted by Gasteiger charge is -2.08. The van der Waals surface area contributed by atoms with E-state index in [1.54, 1.807) is 18.4 Å². The van der Waals surface area contributed by atoms with Crippen molar-refractivity contribution in [1.82, 2.24) is 9.97 Å². The highest BCUT2D eigenvalue weighted by atomic mass is 32.1. The zero-order valence-corrected chi connectivity index (χ0v) is 12.8. The molecule has 0 unspecified atom stereocenters. The predicted octanol–water partition coefficient (Wildman–Crippen LogP) is 3.18. The van der Waals surface area contributed by atoms with Gasteiger partial charge in [0.15, 0.2) is 0 Å². The van der Waals surface area contributed by atoms with Gasteiger partial charge in [0.05, 0.1) is 5.39 Å². The largest absolute Gasteiger partial charge is 0.385 e. The van der Waals surface area contributed by atoms with E-state index in [2.05, 4.69) is 34.5 Å². The van der Waals surface area contributed by atoms with Crippen LogP contribution in [0.2, 0.25) is 0 Å². The fraction of sp³-hybridized carbons (Fsp3) is 0.500. The number of nitrogens with zero attached hydrogens (tertiary/aromatic N) is 2. The minimum atomic E-state index is -0.0389. The van der Waals surface area contributed by atoms with Crippen molar-refractivity contribution in [2.24, 2.45) is 0 Å². The van der Waals surface area contributed by atoms with Crippen molar-refractivity contribution in [2.45, 2.75) is 32.6 Å². The van der Waals surface area contributed by atoms with E-state index in [4.69, 9.17) is 4.74 Å². The van der Waals surface area contributed by atoms with Gasteiger partial charge in [0.25, 0.3) is 0 Å². The van der Waals surface area contributed by atoms with Gasteiger partial charge in [-0.2, -0.15) is 0 Å². The van der Waals surface area contributed by atoms with Gasteiger partial charge in [0.2, 0.25) is 5.91 Å². The van der Waals surface area contributed by atoms with Gasteiger partial charge >= 0.3 is 0 Å². The van der Waals surface area contributed by atoms with Crippen molar-refractivity contribution >= 4 is 33.3 Å². The average molecular weight is 293 g/mol. The van der Waals surface area contributed by atoms with Gasteiger partial charge in [-0.3, -0.25) is 4.79 Å². The summed E-state index contributed by atoms with van der Waals surface area (Å²) in [4.78, 5) is 21.3. The molecule has 0 spiro atoms. The molecule has 0 aliphatic rings. The van der Waals surface area contributed by atoms with E-state index in [0.717, 1.165) is 10.2 Å². The maximum absolute atomic E-state index is 11.9. The van der Waals surface area contributed by atoms with E-state index in [0.29, 0.717) is 31.2 Å². The summed E-state index contributed by atoms with van der Waals surface area (Å²) >= 11 is 1.58. The third-order valence-corrected chi connectivity index (χ3v) is 3.94. The Bertz CT molecular complexity index is 595. The zero-order chi connectivity index (χ0) is 14.5. The summed E-state index contributed by atoms with van der Waals surface area (Å²) in [6, 6.07) is 0. The number of thiophene rings is 1. The van der Waals surface area contributed by atoms with Crippen molar-refractivity contribution in [3.05, 3.63) is 17.3 Å². The minimum absolute atomic E-state index is 0.0389. The van der Waals surface area contributed by atoms with Gasteiger partial charge in [-0.25, -0.2) is 9.97 Å². The third-order valence-electron chi connectivity index (χ3n) is 3.03. The van der Waals surface area contributed by atoms with E-state index in [1.165, 1.54) is 11.9 Å². The van der Waals surface area contributed by atoms with Gasteiger partial charge in [-0.15, -0.1) is 11.3 Å². The summed E-state index contributed by atoms with van der Waals surface area (Å²) in [5, 5.41) is 5.94. The highest BCUT2D eigenvalue weighted by Gasteiger charge is 2.15. The van der Waals surface area contributed by atoms with Gasteiger partial charge in [0.1, 0.15) is 17.0 Å². The molecule has 0 saturated carbocycles. The zero-order valence-electron chi connectivity index (χ0n) is 12.0. The number of nitrogens with one attached hydrogen (secondary N) is 1. The second kappa shape index (κ2) is 6.76. The number of ether oxygens (including phenoxy) is 1. The number of rotatable bonds is 6. The van der Waals surface area contributed by atoms with E-state index >= 15 is 0 Å². The number of amides is 1. The van der Waals surface area contributed by atoms with Gasteiger partial charge in [0, 0.05) is 20.1 Å². The Hall–Kier alpha value is -1.53. The molecule has 0 aliphatic carbocycles. The molecule has 5 nitrogen and oxygen atoms in total. The van der Waals surface area contributed by atoms with Gasteiger partial charge in [-0.05, 0) is 23.3 Å². The van der Waals surface area contributed by atoms with Crippen molar-refractivity contribution in [3.63, 3.8) is 0 Å². The van der Waals surface area contributed by atoms with Crippen LogP contribution in [0.1, 0.15) is 38.2 Å². The monoisotopic (exact) mass is 293 g/mol. The Balaban J connectivity index is 2.21. The van der Waals surface area contributed by atoms with Crippen molar-refractivity contribution in [3.8, 4) is 0 Å². The summed E-state index contributed by atoms with van der Waals surface area (Å²) in [6.07, 6.45) is 2.63. The summed E-state index contributed by atoms with van der Waals surface area (Å²) in [5.74, 6) is 0.948. The first-order valence-corrected chi connectivity index (χ1v) is 7.52. The lowest BCUT2D eigenvalue weighted by atomic mass is 10.0. The Kier molecular flexibility index (Phi) is 5.03. The maximum Gasteiger partial charge on any atom is 0.225 e. The predicted molar refractivity (Wildman–Crippen MR) is 81.2 cm³/mol. The smallest absolute Gasteiger partial charge is 0.225 e. The standard InChI is InChI=1S/C14H19N3O2S/c1-9(2)10-7-20-14-12(10)13(15-8-16-14)17-11(18)5-4-6-19-3/h7-9H,4-6H2,1-3H3,(H,15,16,17,18).